The summed E-state index contributed by atoms with van der Waals surface area (Å²) in [6, 6.07) is 5.92. The number of alkyl halides is 2. The van der Waals surface area contributed by atoms with Crippen LogP contribution in [0.3, 0.4) is 0 Å². The van der Waals surface area contributed by atoms with E-state index in [1.807, 2.05) is 18.2 Å². The Kier molecular flexibility index (Phi) is 5.50. The fraction of sp³-hybridized carbons (Fsp3) is 0.609. The van der Waals surface area contributed by atoms with E-state index < -0.39 is 23.9 Å². The molecule has 3 N–H and O–H groups in total. The average Bonchev–Trinajstić information content (AvgIpc) is 3.49. The zero-order valence-electron chi connectivity index (χ0n) is 17.5. The number of rotatable bonds is 3. The van der Waals surface area contributed by atoms with Gasteiger partial charge < -0.3 is 20.5 Å². The van der Waals surface area contributed by atoms with E-state index in [9.17, 15) is 13.9 Å². The Balaban J connectivity index is 1.70. The summed E-state index contributed by atoms with van der Waals surface area (Å²) in [7, 11) is 3.55. The van der Waals surface area contributed by atoms with Gasteiger partial charge in [0, 0.05) is 36.6 Å². The SMILES string of the molecule is CN(C)C(N)=N[C@@]1(O)c2cc(C#CC3CC3)ccc2CC12CCC(OC(F)F)CC2. The highest BCUT2D eigenvalue weighted by Crippen LogP contribution is 2.58. The van der Waals surface area contributed by atoms with E-state index in [0.717, 1.165) is 29.5 Å². The zero-order valence-corrected chi connectivity index (χ0v) is 17.5. The Morgan fingerprint density at radius 3 is 2.57 bits per heavy atom. The van der Waals surface area contributed by atoms with Gasteiger partial charge >= 0.3 is 6.61 Å². The second-order valence-corrected chi connectivity index (χ2v) is 9.01. The predicted molar refractivity (Wildman–Crippen MR) is 111 cm³/mol. The molecule has 2 fully saturated rings. The minimum absolute atomic E-state index is 0.227. The molecule has 2 saturated carbocycles. The Morgan fingerprint density at radius 1 is 1.27 bits per heavy atom. The quantitative estimate of drug-likeness (QED) is 0.450. The topological polar surface area (TPSA) is 71.1 Å². The molecule has 1 aromatic rings. The van der Waals surface area contributed by atoms with Gasteiger partial charge in [-0.2, -0.15) is 8.78 Å². The number of ether oxygens (including phenoxy) is 1. The molecule has 0 aliphatic heterocycles. The summed E-state index contributed by atoms with van der Waals surface area (Å²) in [6.07, 6.45) is 4.39. The first kappa shape index (κ1) is 21.1. The van der Waals surface area contributed by atoms with E-state index in [1.165, 1.54) is 0 Å². The van der Waals surface area contributed by atoms with Gasteiger partial charge in [0.25, 0.3) is 0 Å². The standard InChI is InChI=1S/C23H29F2N3O2/c1-28(2)21(26)27-23(29)19-13-16(6-5-15-3-4-15)7-8-17(19)14-22(23)11-9-18(10-12-22)30-20(24)25/h7-8,13,15,18,20,29H,3-4,9-12,14H2,1-2H3,(H2,26,27)/t18?,22?,23-/m1/s1. The number of guanidine groups is 1. The molecule has 0 bridgehead atoms. The highest BCUT2D eigenvalue weighted by atomic mass is 19.3. The molecule has 30 heavy (non-hydrogen) atoms. The number of aliphatic imine (C=N–C) groups is 1. The predicted octanol–water partition coefficient (Wildman–Crippen LogP) is 3.19. The van der Waals surface area contributed by atoms with Crippen LogP contribution >= 0.6 is 0 Å². The molecule has 3 aliphatic carbocycles. The van der Waals surface area contributed by atoms with Crippen LogP contribution < -0.4 is 5.73 Å². The lowest BCUT2D eigenvalue weighted by molar-refractivity contribution is -0.186. The first-order chi connectivity index (χ1) is 14.2. The van der Waals surface area contributed by atoms with Crippen molar-refractivity contribution in [3.8, 4) is 11.8 Å². The van der Waals surface area contributed by atoms with Crippen molar-refractivity contribution >= 4 is 5.96 Å². The molecule has 0 unspecified atom stereocenters. The maximum absolute atomic E-state index is 12.7. The van der Waals surface area contributed by atoms with Crippen molar-refractivity contribution in [3.05, 3.63) is 34.9 Å². The van der Waals surface area contributed by atoms with Gasteiger partial charge in [-0.3, -0.25) is 0 Å². The van der Waals surface area contributed by atoms with Crippen molar-refractivity contribution in [2.75, 3.05) is 14.1 Å². The normalized spacial score (nSPS) is 30.9. The van der Waals surface area contributed by atoms with Crippen molar-refractivity contribution in [2.45, 2.75) is 63.4 Å². The third kappa shape index (κ3) is 3.91. The maximum atomic E-state index is 12.7. The molecule has 0 radical (unpaired) electrons. The number of hydrogen-bond acceptors (Lipinski definition) is 3. The minimum Gasteiger partial charge on any atom is -0.370 e. The van der Waals surface area contributed by atoms with Crippen LogP contribution in [0.2, 0.25) is 0 Å². The van der Waals surface area contributed by atoms with Gasteiger partial charge in [0.05, 0.1) is 6.10 Å². The molecule has 1 aromatic carbocycles. The summed E-state index contributed by atoms with van der Waals surface area (Å²) in [5.74, 6) is 7.18. The first-order valence-corrected chi connectivity index (χ1v) is 10.6. The second kappa shape index (κ2) is 7.82. The molecule has 162 valence electrons. The lowest BCUT2D eigenvalue weighted by atomic mass is 9.66. The van der Waals surface area contributed by atoms with Crippen LogP contribution in [-0.4, -0.2) is 42.8 Å². The van der Waals surface area contributed by atoms with Crippen LogP contribution in [0.5, 0.6) is 0 Å². The largest absolute Gasteiger partial charge is 0.370 e. The van der Waals surface area contributed by atoms with E-state index in [4.69, 9.17) is 10.5 Å². The zero-order chi connectivity index (χ0) is 21.5. The molecular formula is C23H29F2N3O2. The highest BCUT2D eigenvalue weighted by molar-refractivity contribution is 5.78. The summed E-state index contributed by atoms with van der Waals surface area (Å²) in [6.45, 7) is -2.78. The van der Waals surface area contributed by atoms with Gasteiger partial charge in [0.1, 0.15) is 0 Å². The number of nitrogens with two attached hydrogens (primary N) is 1. The molecule has 0 saturated heterocycles. The van der Waals surface area contributed by atoms with Crippen LogP contribution in [0.1, 0.15) is 55.2 Å². The Hall–Kier alpha value is -2.17. The van der Waals surface area contributed by atoms with E-state index in [2.05, 4.69) is 16.8 Å². The van der Waals surface area contributed by atoms with Gasteiger partial charge in [-0.15, -0.1) is 0 Å². The monoisotopic (exact) mass is 417 g/mol. The van der Waals surface area contributed by atoms with Gasteiger partial charge in [-0.25, -0.2) is 4.99 Å². The molecule has 1 atom stereocenters. The number of benzene rings is 1. The van der Waals surface area contributed by atoms with Crippen molar-refractivity contribution in [1.82, 2.24) is 4.90 Å². The molecule has 3 aliphatic rings. The highest BCUT2D eigenvalue weighted by Gasteiger charge is 2.58. The van der Waals surface area contributed by atoms with E-state index in [1.54, 1.807) is 19.0 Å². The smallest absolute Gasteiger partial charge is 0.345 e. The van der Waals surface area contributed by atoms with Crippen molar-refractivity contribution in [3.63, 3.8) is 0 Å². The van der Waals surface area contributed by atoms with Crippen LogP contribution in [0, 0.1) is 23.2 Å². The van der Waals surface area contributed by atoms with Crippen molar-refractivity contribution < 1.29 is 18.6 Å². The second-order valence-electron chi connectivity index (χ2n) is 9.01. The lowest BCUT2D eigenvalue weighted by Crippen LogP contribution is -2.47. The number of hydrogen-bond donors (Lipinski definition) is 2. The Bertz CT molecular complexity index is 893. The van der Waals surface area contributed by atoms with E-state index in [-0.39, 0.29) is 5.96 Å². The van der Waals surface area contributed by atoms with E-state index >= 15 is 0 Å². The average molecular weight is 418 g/mol. The Morgan fingerprint density at radius 2 is 1.97 bits per heavy atom. The summed E-state index contributed by atoms with van der Waals surface area (Å²) in [5, 5.41) is 12.0. The molecule has 1 spiro atoms. The van der Waals surface area contributed by atoms with Gasteiger partial charge in [-0.05, 0) is 62.6 Å². The molecule has 0 amide bonds. The molecule has 0 aromatic heterocycles. The molecule has 5 nitrogen and oxygen atoms in total. The van der Waals surface area contributed by atoms with Gasteiger partial charge in [0.15, 0.2) is 11.7 Å². The summed E-state index contributed by atoms with van der Waals surface area (Å²) >= 11 is 0. The number of halogens is 2. The first-order valence-electron chi connectivity index (χ1n) is 10.6. The number of nitrogens with zero attached hydrogens (tertiary/aromatic N) is 2. The molecule has 4 rings (SSSR count). The molecule has 7 heteroatoms. The fourth-order valence-electron chi connectivity index (χ4n) is 4.71. The molecular weight excluding hydrogens is 388 g/mol. The third-order valence-electron chi connectivity index (χ3n) is 6.67. The summed E-state index contributed by atoms with van der Waals surface area (Å²) in [4.78, 5) is 6.26. The summed E-state index contributed by atoms with van der Waals surface area (Å²) < 4.78 is 30.1. The minimum atomic E-state index is -2.78. The van der Waals surface area contributed by atoms with Crippen LogP contribution in [0.25, 0.3) is 0 Å². The Labute approximate surface area is 176 Å². The summed E-state index contributed by atoms with van der Waals surface area (Å²) in [5.41, 5.74) is 6.60. The number of fused-ring (bicyclic) bond motifs is 1. The lowest BCUT2D eigenvalue weighted by Gasteiger charge is -2.45. The van der Waals surface area contributed by atoms with Crippen molar-refractivity contribution in [1.29, 1.82) is 0 Å². The van der Waals surface area contributed by atoms with Crippen LogP contribution in [0.4, 0.5) is 8.78 Å². The van der Waals surface area contributed by atoms with Crippen LogP contribution in [0.15, 0.2) is 23.2 Å². The van der Waals surface area contributed by atoms with Crippen LogP contribution in [-0.2, 0) is 16.9 Å². The fourth-order valence-corrected chi connectivity index (χ4v) is 4.71. The third-order valence-corrected chi connectivity index (χ3v) is 6.67. The van der Waals surface area contributed by atoms with E-state index in [0.29, 0.717) is 38.0 Å². The van der Waals surface area contributed by atoms with Crippen molar-refractivity contribution in [2.24, 2.45) is 22.1 Å². The van der Waals surface area contributed by atoms with Gasteiger partial charge in [0.2, 0.25) is 0 Å². The maximum Gasteiger partial charge on any atom is 0.345 e. The van der Waals surface area contributed by atoms with Gasteiger partial charge in [-0.1, -0.05) is 17.9 Å². The number of aliphatic hydroxyl groups is 1. The molecule has 0 heterocycles.